The van der Waals surface area contributed by atoms with E-state index in [4.69, 9.17) is 0 Å². The number of para-hydroxylation sites is 1. The third kappa shape index (κ3) is 1.80. The molecular formula is C14H11LiNO+. The van der Waals surface area contributed by atoms with Crippen LogP contribution in [0.3, 0.4) is 0 Å². The fourth-order valence-electron chi connectivity index (χ4n) is 2.18. The van der Waals surface area contributed by atoms with Crippen LogP contribution in [-0.2, 0) is 0 Å². The van der Waals surface area contributed by atoms with Crippen molar-refractivity contribution in [2.24, 2.45) is 0 Å². The first-order valence-corrected chi connectivity index (χ1v) is 5.28. The zero-order valence-electron chi connectivity index (χ0n) is 9.95. The van der Waals surface area contributed by atoms with Gasteiger partial charge in [-0.25, -0.2) is 4.98 Å². The molecule has 0 unspecified atom stereocenters. The number of benzene rings is 2. The molecule has 0 spiro atoms. The van der Waals surface area contributed by atoms with E-state index in [9.17, 15) is 5.11 Å². The topological polar surface area (TPSA) is 37.2 Å². The maximum Gasteiger partial charge on any atom is 1.00 e. The summed E-state index contributed by atoms with van der Waals surface area (Å²) in [6, 6.07) is 13.5. The fraction of sp³-hybridized carbons (Fsp3) is 0.0714. The van der Waals surface area contributed by atoms with Crippen molar-refractivity contribution in [2.75, 3.05) is 0 Å². The fourth-order valence-corrected chi connectivity index (χ4v) is 2.18. The summed E-state index contributed by atoms with van der Waals surface area (Å²) >= 11 is 0. The molecule has 0 amide bonds. The molecule has 0 radical (unpaired) electrons. The second-order valence-corrected chi connectivity index (χ2v) is 3.97. The molecule has 3 rings (SSSR count). The van der Waals surface area contributed by atoms with E-state index in [-0.39, 0.29) is 24.6 Å². The van der Waals surface area contributed by atoms with Gasteiger partial charge in [0.2, 0.25) is 5.52 Å². The number of hydrogen-bond acceptors (Lipinski definition) is 1. The van der Waals surface area contributed by atoms with E-state index in [0.29, 0.717) is 5.52 Å². The van der Waals surface area contributed by atoms with Crippen molar-refractivity contribution < 1.29 is 29.0 Å². The summed E-state index contributed by atoms with van der Waals surface area (Å²) in [5, 5.41) is 15.0. The van der Waals surface area contributed by atoms with Gasteiger partial charge in [0.05, 0.1) is 5.39 Å². The standard InChI is InChI=1S/C14H11NO.Li/c1-9-10-5-2-3-6-11(10)12-7-4-8-13(16)14(12)15-9;/h2-8,16H,1H3;/q;+1. The Hall–Kier alpha value is -1.49. The number of aromatic amines is 1. The van der Waals surface area contributed by atoms with Crippen LogP contribution >= 0.6 is 0 Å². The van der Waals surface area contributed by atoms with E-state index >= 15 is 0 Å². The first-order chi connectivity index (χ1) is 7.77. The summed E-state index contributed by atoms with van der Waals surface area (Å²) in [7, 11) is 0. The molecule has 0 atom stereocenters. The minimum Gasteiger partial charge on any atom is -0.868 e. The number of rotatable bonds is 0. The van der Waals surface area contributed by atoms with E-state index < -0.39 is 0 Å². The largest absolute Gasteiger partial charge is 1.00 e. The van der Waals surface area contributed by atoms with Gasteiger partial charge in [-0.05, 0) is 17.9 Å². The number of H-pyrrole nitrogens is 1. The molecule has 1 N–H and O–H groups in total. The summed E-state index contributed by atoms with van der Waals surface area (Å²) < 4.78 is 0. The van der Waals surface area contributed by atoms with Crippen LogP contribution in [0.2, 0.25) is 0 Å². The summed E-state index contributed by atoms with van der Waals surface area (Å²) in [5.74, 6) is 0.0475. The molecule has 0 aliphatic heterocycles. The second-order valence-electron chi connectivity index (χ2n) is 3.97. The number of pyridine rings is 1. The van der Waals surface area contributed by atoms with Gasteiger partial charge in [-0.3, -0.25) is 0 Å². The van der Waals surface area contributed by atoms with Crippen molar-refractivity contribution in [3.63, 3.8) is 0 Å². The van der Waals surface area contributed by atoms with Gasteiger partial charge in [0.25, 0.3) is 0 Å². The molecule has 3 aromatic rings. The minimum atomic E-state index is 0. The number of aryl methyl sites for hydroxylation is 1. The molecule has 78 valence electrons. The van der Waals surface area contributed by atoms with Gasteiger partial charge in [0, 0.05) is 17.7 Å². The van der Waals surface area contributed by atoms with E-state index in [0.717, 1.165) is 16.5 Å². The van der Waals surface area contributed by atoms with Gasteiger partial charge < -0.3 is 5.11 Å². The Balaban J connectivity index is 0.00000108. The average Bonchev–Trinajstić information content (AvgIpc) is 2.31. The second kappa shape index (κ2) is 4.41. The van der Waals surface area contributed by atoms with Crippen molar-refractivity contribution in [1.29, 1.82) is 0 Å². The Kier molecular flexibility index (Phi) is 3.10. The summed E-state index contributed by atoms with van der Waals surface area (Å²) in [6.07, 6.45) is 0. The zero-order chi connectivity index (χ0) is 11.1. The first kappa shape index (κ1) is 12.0. The van der Waals surface area contributed by atoms with Crippen molar-refractivity contribution in [3.05, 3.63) is 48.2 Å². The molecule has 1 heterocycles. The average molecular weight is 216 g/mol. The van der Waals surface area contributed by atoms with Crippen LogP contribution in [0.1, 0.15) is 5.69 Å². The molecule has 0 fully saturated rings. The predicted octanol–water partition coefficient (Wildman–Crippen LogP) is -0.807. The number of fused-ring (bicyclic) bond motifs is 3. The predicted molar refractivity (Wildman–Crippen MR) is 62.2 cm³/mol. The molecule has 2 nitrogen and oxygen atoms in total. The van der Waals surface area contributed by atoms with Gasteiger partial charge in [-0.1, -0.05) is 30.3 Å². The zero-order valence-corrected chi connectivity index (χ0v) is 9.95. The van der Waals surface area contributed by atoms with Crippen molar-refractivity contribution in [1.82, 2.24) is 0 Å². The van der Waals surface area contributed by atoms with Crippen molar-refractivity contribution >= 4 is 21.7 Å². The van der Waals surface area contributed by atoms with Crippen LogP contribution in [-0.4, -0.2) is 0 Å². The summed E-state index contributed by atoms with van der Waals surface area (Å²) in [4.78, 5) is 3.19. The Labute approximate surface area is 111 Å². The maximum absolute atomic E-state index is 11.7. The van der Waals surface area contributed by atoms with E-state index in [1.165, 1.54) is 5.39 Å². The minimum absolute atomic E-state index is 0. The van der Waals surface area contributed by atoms with Crippen molar-refractivity contribution in [3.8, 4) is 5.75 Å². The van der Waals surface area contributed by atoms with Crippen LogP contribution < -0.4 is 29.0 Å². The summed E-state index contributed by atoms with van der Waals surface area (Å²) in [6.45, 7) is 1.99. The number of aromatic nitrogens is 1. The molecule has 0 aliphatic rings. The Morgan fingerprint density at radius 3 is 2.29 bits per heavy atom. The monoisotopic (exact) mass is 216 g/mol. The van der Waals surface area contributed by atoms with Gasteiger partial charge >= 0.3 is 18.9 Å². The van der Waals surface area contributed by atoms with Crippen LogP contribution in [0, 0.1) is 6.92 Å². The van der Waals surface area contributed by atoms with E-state index in [1.54, 1.807) is 12.1 Å². The maximum atomic E-state index is 11.7. The Morgan fingerprint density at radius 1 is 0.882 bits per heavy atom. The molecule has 0 saturated heterocycles. The molecule has 1 aromatic heterocycles. The molecule has 0 aliphatic carbocycles. The number of hydrogen-bond donors (Lipinski definition) is 0. The van der Waals surface area contributed by atoms with Gasteiger partial charge in [-0.15, -0.1) is 0 Å². The van der Waals surface area contributed by atoms with Crippen molar-refractivity contribution in [2.45, 2.75) is 6.92 Å². The van der Waals surface area contributed by atoms with Crippen LogP contribution in [0.15, 0.2) is 42.5 Å². The Bertz CT molecular complexity index is 689. The smallest absolute Gasteiger partial charge is 0.868 e. The summed E-state index contributed by atoms with van der Waals surface area (Å²) in [5.41, 5.74) is 1.73. The van der Waals surface area contributed by atoms with Gasteiger partial charge in [0.15, 0.2) is 5.69 Å². The Morgan fingerprint density at radius 2 is 1.53 bits per heavy atom. The van der Waals surface area contributed by atoms with Crippen LogP contribution in [0.5, 0.6) is 5.75 Å². The molecular weight excluding hydrogens is 205 g/mol. The molecule has 17 heavy (non-hydrogen) atoms. The third-order valence-electron chi connectivity index (χ3n) is 2.96. The molecule has 0 bridgehead atoms. The van der Waals surface area contributed by atoms with E-state index in [2.05, 4.69) is 17.1 Å². The quantitative estimate of drug-likeness (QED) is 0.358. The normalized spacial score (nSPS) is 10.4. The van der Waals surface area contributed by atoms with Gasteiger partial charge in [0.1, 0.15) is 0 Å². The van der Waals surface area contributed by atoms with Gasteiger partial charge in [-0.2, -0.15) is 0 Å². The molecule has 0 saturated carbocycles. The molecule has 3 heteroatoms. The number of nitrogens with one attached hydrogen (secondary N) is 1. The van der Waals surface area contributed by atoms with Crippen LogP contribution in [0.25, 0.3) is 21.7 Å². The van der Waals surface area contributed by atoms with E-state index in [1.807, 2.05) is 25.1 Å². The first-order valence-electron chi connectivity index (χ1n) is 5.28. The SMILES string of the molecule is Cc1[nH+]c2c([O-])cccc2c2ccccc12.[Li+]. The molecule has 2 aromatic carbocycles. The van der Waals surface area contributed by atoms with Crippen LogP contribution in [0.4, 0.5) is 0 Å². The third-order valence-corrected chi connectivity index (χ3v) is 2.96.